The number of hydrogen-bond donors (Lipinski definition) is 3. The van der Waals surface area contributed by atoms with E-state index in [1.54, 1.807) is 0 Å². The summed E-state index contributed by atoms with van der Waals surface area (Å²) < 4.78 is 0.765. The Morgan fingerprint density at radius 1 is 1.59 bits per heavy atom. The van der Waals surface area contributed by atoms with Crippen molar-refractivity contribution in [3.63, 3.8) is 0 Å². The number of nitrogen functional groups attached to an aromatic ring is 1. The van der Waals surface area contributed by atoms with Crippen molar-refractivity contribution in [1.29, 1.82) is 0 Å². The van der Waals surface area contributed by atoms with Gasteiger partial charge in [-0.3, -0.25) is 0 Å². The molecule has 1 saturated heterocycles. The first-order valence-electron chi connectivity index (χ1n) is 5.59. The van der Waals surface area contributed by atoms with Crippen molar-refractivity contribution in [1.82, 2.24) is 9.97 Å². The minimum absolute atomic E-state index is 0.223. The molecule has 1 fully saturated rings. The van der Waals surface area contributed by atoms with Gasteiger partial charge in [0.25, 0.3) is 0 Å². The van der Waals surface area contributed by atoms with E-state index in [0.29, 0.717) is 11.7 Å². The standard InChI is InChI=1S/C10H16BrN5O/c11-8-9(15-12)13-6-14-10(8)16-3-1-2-7(4-16)5-17/h6-7,17H,1-5,12H2,(H,13,14,15). The van der Waals surface area contributed by atoms with Crippen LogP contribution in [0.15, 0.2) is 10.8 Å². The quantitative estimate of drug-likeness (QED) is 0.564. The van der Waals surface area contributed by atoms with Crippen LogP contribution in [0, 0.1) is 5.92 Å². The Labute approximate surface area is 108 Å². The van der Waals surface area contributed by atoms with Crippen molar-refractivity contribution in [2.45, 2.75) is 12.8 Å². The van der Waals surface area contributed by atoms with Crippen LogP contribution in [0.2, 0.25) is 0 Å². The molecule has 0 aromatic carbocycles. The van der Waals surface area contributed by atoms with E-state index in [-0.39, 0.29) is 6.61 Å². The van der Waals surface area contributed by atoms with Gasteiger partial charge in [-0.25, -0.2) is 15.8 Å². The molecule has 0 amide bonds. The summed E-state index contributed by atoms with van der Waals surface area (Å²) in [6.07, 6.45) is 3.61. The molecule has 7 heteroatoms. The number of aromatic nitrogens is 2. The maximum atomic E-state index is 9.22. The molecule has 94 valence electrons. The first-order chi connectivity index (χ1) is 8.26. The van der Waals surface area contributed by atoms with Gasteiger partial charge in [-0.15, -0.1) is 0 Å². The molecule has 1 atom stereocenters. The summed E-state index contributed by atoms with van der Waals surface area (Å²) in [6.45, 7) is 1.98. The number of halogens is 1. The Hall–Kier alpha value is -0.920. The van der Waals surface area contributed by atoms with Crippen molar-refractivity contribution in [2.24, 2.45) is 11.8 Å². The van der Waals surface area contributed by atoms with E-state index < -0.39 is 0 Å². The molecule has 1 aliphatic rings. The van der Waals surface area contributed by atoms with Crippen molar-refractivity contribution < 1.29 is 5.11 Å². The van der Waals surface area contributed by atoms with Crippen molar-refractivity contribution in [3.8, 4) is 0 Å². The fraction of sp³-hybridized carbons (Fsp3) is 0.600. The van der Waals surface area contributed by atoms with Gasteiger partial charge in [0.15, 0.2) is 5.82 Å². The zero-order valence-electron chi connectivity index (χ0n) is 9.43. The second-order valence-corrected chi connectivity index (χ2v) is 4.93. The van der Waals surface area contributed by atoms with Gasteiger partial charge in [-0.05, 0) is 34.7 Å². The van der Waals surface area contributed by atoms with Gasteiger partial charge in [-0.1, -0.05) is 0 Å². The smallest absolute Gasteiger partial charge is 0.159 e. The second kappa shape index (κ2) is 5.61. The zero-order valence-corrected chi connectivity index (χ0v) is 11.0. The van der Waals surface area contributed by atoms with Gasteiger partial charge in [0, 0.05) is 19.7 Å². The average molecular weight is 302 g/mol. The number of nitrogens with two attached hydrogens (primary N) is 1. The van der Waals surface area contributed by atoms with E-state index in [9.17, 15) is 5.11 Å². The first kappa shape index (κ1) is 12.5. The number of aliphatic hydroxyl groups excluding tert-OH is 1. The van der Waals surface area contributed by atoms with E-state index in [1.807, 2.05) is 0 Å². The molecule has 17 heavy (non-hydrogen) atoms. The molecule has 1 aromatic rings. The maximum absolute atomic E-state index is 9.22. The predicted octanol–water partition coefficient (Wildman–Crippen LogP) is 0.733. The highest BCUT2D eigenvalue weighted by molar-refractivity contribution is 9.10. The topological polar surface area (TPSA) is 87.3 Å². The first-order valence-corrected chi connectivity index (χ1v) is 6.38. The molecule has 2 heterocycles. The fourth-order valence-electron chi connectivity index (χ4n) is 2.09. The molecule has 0 spiro atoms. The lowest BCUT2D eigenvalue weighted by Gasteiger charge is -2.33. The van der Waals surface area contributed by atoms with E-state index >= 15 is 0 Å². The summed E-state index contributed by atoms with van der Waals surface area (Å²) in [4.78, 5) is 10.4. The summed E-state index contributed by atoms with van der Waals surface area (Å²) in [7, 11) is 0. The summed E-state index contributed by atoms with van der Waals surface area (Å²) in [5.74, 6) is 7.09. The lowest BCUT2D eigenvalue weighted by atomic mass is 9.99. The highest BCUT2D eigenvalue weighted by Crippen LogP contribution is 2.31. The van der Waals surface area contributed by atoms with Gasteiger partial charge >= 0.3 is 0 Å². The number of aliphatic hydroxyl groups is 1. The maximum Gasteiger partial charge on any atom is 0.159 e. The van der Waals surface area contributed by atoms with Crippen LogP contribution in [0.5, 0.6) is 0 Å². The molecule has 0 radical (unpaired) electrons. The minimum atomic E-state index is 0.223. The van der Waals surface area contributed by atoms with E-state index in [2.05, 4.69) is 36.2 Å². The highest BCUT2D eigenvalue weighted by Gasteiger charge is 2.22. The number of hydrazine groups is 1. The van der Waals surface area contributed by atoms with Crippen LogP contribution < -0.4 is 16.2 Å². The Morgan fingerprint density at radius 2 is 2.41 bits per heavy atom. The van der Waals surface area contributed by atoms with Gasteiger partial charge in [-0.2, -0.15) is 0 Å². The lowest BCUT2D eigenvalue weighted by Crippen LogP contribution is -2.37. The molecular weight excluding hydrogens is 286 g/mol. The van der Waals surface area contributed by atoms with Crippen LogP contribution in [0.4, 0.5) is 11.6 Å². The number of anilines is 2. The van der Waals surface area contributed by atoms with Crippen molar-refractivity contribution >= 4 is 27.6 Å². The molecule has 0 bridgehead atoms. The number of rotatable bonds is 3. The molecule has 1 unspecified atom stereocenters. The summed E-state index contributed by atoms with van der Waals surface area (Å²) in [6, 6.07) is 0. The zero-order chi connectivity index (χ0) is 12.3. The third-order valence-corrected chi connectivity index (χ3v) is 3.71. The van der Waals surface area contributed by atoms with Crippen LogP contribution in [0.3, 0.4) is 0 Å². The number of piperidine rings is 1. The second-order valence-electron chi connectivity index (χ2n) is 4.14. The molecule has 1 aromatic heterocycles. The third kappa shape index (κ3) is 2.67. The predicted molar refractivity (Wildman–Crippen MR) is 69.6 cm³/mol. The Morgan fingerprint density at radius 3 is 3.12 bits per heavy atom. The van der Waals surface area contributed by atoms with Gasteiger partial charge in [0.05, 0.1) is 0 Å². The number of nitrogens with zero attached hydrogens (tertiary/aromatic N) is 3. The van der Waals surface area contributed by atoms with E-state index in [1.165, 1.54) is 6.33 Å². The number of hydrogen-bond acceptors (Lipinski definition) is 6. The minimum Gasteiger partial charge on any atom is -0.396 e. The van der Waals surface area contributed by atoms with Crippen molar-refractivity contribution in [3.05, 3.63) is 10.8 Å². The molecule has 0 aliphatic carbocycles. The largest absolute Gasteiger partial charge is 0.396 e. The Bertz CT molecular complexity index is 389. The van der Waals surface area contributed by atoms with Crippen LogP contribution in [-0.2, 0) is 0 Å². The van der Waals surface area contributed by atoms with E-state index in [4.69, 9.17) is 5.84 Å². The number of nitrogens with one attached hydrogen (secondary N) is 1. The summed E-state index contributed by atoms with van der Waals surface area (Å²) >= 11 is 3.45. The van der Waals surface area contributed by atoms with Gasteiger partial charge < -0.3 is 15.4 Å². The lowest BCUT2D eigenvalue weighted by molar-refractivity contribution is 0.208. The van der Waals surface area contributed by atoms with Gasteiger partial charge in [0.2, 0.25) is 0 Å². The van der Waals surface area contributed by atoms with Crippen LogP contribution >= 0.6 is 15.9 Å². The summed E-state index contributed by atoms with van der Waals surface area (Å²) in [5.41, 5.74) is 2.53. The van der Waals surface area contributed by atoms with Gasteiger partial charge in [0.1, 0.15) is 16.6 Å². The molecular formula is C10H16BrN5O. The average Bonchev–Trinajstić information content (AvgIpc) is 2.39. The monoisotopic (exact) mass is 301 g/mol. The van der Waals surface area contributed by atoms with Crippen LogP contribution in [0.1, 0.15) is 12.8 Å². The summed E-state index contributed by atoms with van der Waals surface area (Å²) in [5, 5.41) is 9.22. The Kier molecular flexibility index (Phi) is 4.14. The van der Waals surface area contributed by atoms with Crippen LogP contribution in [0.25, 0.3) is 0 Å². The SMILES string of the molecule is NNc1ncnc(N2CCCC(CO)C2)c1Br. The van der Waals surface area contributed by atoms with Crippen LogP contribution in [-0.4, -0.2) is 34.8 Å². The third-order valence-electron chi connectivity index (χ3n) is 2.98. The molecule has 0 saturated carbocycles. The molecule has 6 nitrogen and oxygen atoms in total. The van der Waals surface area contributed by atoms with Crippen molar-refractivity contribution in [2.75, 3.05) is 30.0 Å². The van der Waals surface area contributed by atoms with E-state index in [0.717, 1.165) is 36.2 Å². The molecule has 4 N–H and O–H groups in total. The highest BCUT2D eigenvalue weighted by atomic mass is 79.9. The molecule has 1 aliphatic heterocycles. The Balaban J connectivity index is 2.21. The normalized spacial score (nSPS) is 20.4. The fourth-order valence-corrected chi connectivity index (χ4v) is 2.66. The molecule has 2 rings (SSSR count).